The fourth-order valence-electron chi connectivity index (χ4n) is 1.09. The lowest BCUT2D eigenvalue weighted by Crippen LogP contribution is -2.35. The van der Waals surface area contributed by atoms with Gasteiger partial charge in [0.05, 0.1) is 18.4 Å². The van der Waals surface area contributed by atoms with Gasteiger partial charge in [-0.15, -0.1) is 0 Å². The molecule has 1 aromatic rings. The average molecular weight is 235 g/mol. The Kier molecular flexibility index (Phi) is 3.58. The summed E-state index contributed by atoms with van der Waals surface area (Å²) >= 11 is 0. The van der Waals surface area contributed by atoms with E-state index in [1.807, 2.05) is 0 Å². The van der Waals surface area contributed by atoms with Crippen molar-refractivity contribution in [2.24, 2.45) is 0 Å². The number of hydrogen-bond acceptors (Lipinski definition) is 4. The highest BCUT2D eigenvalue weighted by Crippen LogP contribution is 2.21. The van der Waals surface area contributed by atoms with Crippen molar-refractivity contribution >= 4 is 11.5 Å². The Balaban J connectivity index is 2.62. The van der Waals surface area contributed by atoms with Crippen molar-refractivity contribution in [3.63, 3.8) is 0 Å². The topological polar surface area (TPSA) is 71.2 Å². The van der Waals surface area contributed by atoms with Crippen LogP contribution in [-0.4, -0.2) is 28.9 Å². The summed E-state index contributed by atoms with van der Waals surface area (Å²) in [5.74, 6) is 0.275. The predicted octanol–water partition coefficient (Wildman–Crippen LogP) is 1.31. The first-order valence-electron chi connectivity index (χ1n) is 4.51. The molecule has 16 heavy (non-hydrogen) atoms. The average Bonchev–Trinajstić information content (AvgIpc) is 2.14. The van der Waals surface area contributed by atoms with Gasteiger partial charge in [0.1, 0.15) is 5.82 Å². The Bertz CT molecular complexity index is 368. The van der Waals surface area contributed by atoms with Gasteiger partial charge in [0, 0.05) is 0 Å². The second-order valence-electron chi connectivity index (χ2n) is 3.37. The summed E-state index contributed by atoms with van der Waals surface area (Å²) in [5, 5.41) is 11.2. The number of nitrogen functional groups attached to an aromatic ring is 1. The van der Waals surface area contributed by atoms with Crippen molar-refractivity contribution in [1.29, 1.82) is 0 Å². The van der Waals surface area contributed by atoms with Gasteiger partial charge in [-0.25, -0.2) is 4.98 Å². The van der Waals surface area contributed by atoms with Crippen LogP contribution in [0.25, 0.3) is 0 Å². The van der Waals surface area contributed by atoms with Gasteiger partial charge in [-0.05, 0) is 18.6 Å². The number of hydrogen-bond donors (Lipinski definition) is 3. The second kappa shape index (κ2) is 4.56. The van der Waals surface area contributed by atoms with E-state index in [9.17, 15) is 13.2 Å². The number of nitrogens with zero attached hydrogens (tertiary/aromatic N) is 1. The molecular formula is C9H12F3N3O. The molecule has 1 aromatic heterocycles. The number of aromatic nitrogens is 1. The SMILES string of the molecule is Cc1cc(N)cnc1NCC(O)C(F)(F)F. The summed E-state index contributed by atoms with van der Waals surface area (Å²) in [6.07, 6.45) is -5.71. The molecule has 4 N–H and O–H groups in total. The molecule has 0 aliphatic rings. The largest absolute Gasteiger partial charge is 0.416 e. The highest BCUT2D eigenvalue weighted by atomic mass is 19.4. The predicted molar refractivity (Wildman–Crippen MR) is 53.9 cm³/mol. The summed E-state index contributed by atoms with van der Waals surface area (Å²) in [6, 6.07) is 1.58. The number of alkyl halides is 3. The van der Waals surface area contributed by atoms with Crippen molar-refractivity contribution in [1.82, 2.24) is 4.98 Å². The van der Waals surface area contributed by atoms with Crippen LogP contribution in [0, 0.1) is 6.92 Å². The molecule has 0 saturated heterocycles. The first kappa shape index (κ1) is 12.6. The number of aliphatic hydroxyl groups is 1. The molecule has 90 valence electrons. The third kappa shape index (κ3) is 3.27. The lowest BCUT2D eigenvalue weighted by molar-refractivity contribution is -0.198. The zero-order chi connectivity index (χ0) is 12.3. The standard InChI is InChI=1S/C9H12F3N3O/c1-5-2-6(13)3-14-8(5)15-4-7(16)9(10,11)12/h2-3,7,16H,4,13H2,1H3,(H,14,15). The molecule has 0 aliphatic carbocycles. The summed E-state index contributed by atoms with van der Waals surface area (Å²) in [7, 11) is 0. The molecule has 0 saturated carbocycles. The minimum absolute atomic E-state index is 0.275. The van der Waals surface area contributed by atoms with E-state index in [0.717, 1.165) is 0 Å². The zero-order valence-corrected chi connectivity index (χ0v) is 8.54. The zero-order valence-electron chi connectivity index (χ0n) is 8.54. The smallest absolute Gasteiger partial charge is 0.397 e. The van der Waals surface area contributed by atoms with E-state index in [1.165, 1.54) is 6.20 Å². The maximum Gasteiger partial charge on any atom is 0.416 e. The van der Waals surface area contributed by atoms with Crippen LogP contribution in [0.1, 0.15) is 5.56 Å². The van der Waals surface area contributed by atoms with Crippen LogP contribution >= 0.6 is 0 Å². The number of halogens is 3. The summed E-state index contributed by atoms with van der Waals surface area (Å²) in [5.41, 5.74) is 6.48. The molecular weight excluding hydrogens is 223 g/mol. The van der Waals surface area contributed by atoms with Crippen molar-refractivity contribution in [2.45, 2.75) is 19.2 Å². The van der Waals surface area contributed by atoms with E-state index in [2.05, 4.69) is 10.3 Å². The number of anilines is 2. The molecule has 1 heterocycles. The van der Waals surface area contributed by atoms with Gasteiger partial charge in [0.25, 0.3) is 0 Å². The van der Waals surface area contributed by atoms with Gasteiger partial charge in [-0.2, -0.15) is 13.2 Å². The van der Waals surface area contributed by atoms with Crippen LogP contribution < -0.4 is 11.1 Å². The molecule has 4 nitrogen and oxygen atoms in total. The minimum Gasteiger partial charge on any atom is -0.397 e. The number of rotatable bonds is 3. The van der Waals surface area contributed by atoms with E-state index in [0.29, 0.717) is 11.3 Å². The Labute approximate surface area is 90.3 Å². The fourth-order valence-corrected chi connectivity index (χ4v) is 1.09. The fraction of sp³-hybridized carbons (Fsp3) is 0.444. The van der Waals surface area contributed by atoms with E-state index in [1.54, 1.807) is 13.0 Å². The van der Waals surface area contributed by atoms with Crippen LogP contribution in [0.2, 0.25) is 0 Å². The number of nitrogens with one attached hydrogen (secondary N) is 1. The normalized spacial score (nSPS) is 13.6. The number of nitrogens with two attached hydrogens (primary N) is 1. The molecule has 0 radical (unpaired) electrons. The maximum atomic E-state index is 12.0. The number of aliphatic hydroxyl groups excluding tert-OH is 1. The van der Waals surface area contributed by atoms with Crippen LogP contribution in [0.5, 0.6) is 0 Å². The van der Waals surface area contributed by atoms with Crippen LogP contribution in [-0.2, 0) is 0 Å². The molecule has 0 bridgehead atoms. The van der Waals surface area contributed by atoms with Crippen molar-refractivity contribution in [3.8, 4) is 0 Å². The van der Waals surface area contributed by atoms with Crippen molar-refractivity contribution < 1.29 is 18.3 Å². The lowest BCUT2D eigenvalue weighted by Gasteiger charge is -2.16. The van der Waals surface area contributed by atoms with E-state index < -0.39 is 18.8 Å². The summed E-state index contributed by atoms with van der Waals surface area (Å²) in [6.45, 7) is 1.02. The van der Waals surface area contributed by atoms with Gasteiger partial charge < -0.3 is 16.2 Å². The lowest BCUT2D eigenvalue weighted by atomic mass is 10.2. The molecule has 7 heteroatoms. The Morgan fingerprint density at radius 2 is 2.19 bits per heavy atom. The summed E-state index contributed by atoms with van der Waals surface area (Å²) in [4.78, 5) is 3.82. The minimum atomic E-state index is -4.63. The van der Waals surface area contributed by atoms with E-state index in [4.69, 9.17) is 10.8 Å². The maximum absolute atomic E-state index is 12.0. The van der Waals surface area contributed by atoms with Gasteiger partial charge in [-0.1, -0.05) is 0 Å². The Morgan fingerprint density at radius 3 is 2.69 bits per heavy atom. The summed E-state index contributed by atoms with van der Waals surface area (Å²) < 4.78 is 36.0. The Morgan fingerprint density at radius 1 is 1.56 bits per heavy atom. The Hall–Kier alpha value is -1.50. The monoisotopic (exact) mass is 235 g/mol. The quantitative estimate of drug-likeness (QED) is 0.738. The van der Waals surface area contributed by atoms with E-state index >= 15 is 0 Å². The van der Waals surface area contributed by atoms with Gasteiger partial charge in [0.2, 0.25) is 0 Å². The second-order valence-corrected chi connectivity index (χ2v) is 3.37. The molecule has 1 unspecified atom stereocenters. The number of aryl methyl sites for hydroxylation is 1. The van der Waals surface area contributed by atoms with E-state index in [-0.39, 0.29) is 5.82 Å². The highest BCUT2D eigenvalue weighted by molar-refractivity contribution is 5.50. The van der Waals surface area contributed by atoms with Crippen LogP contribution in [0.4, 0.5) is 24.7 Å². The van der Waals surface area contributed by atoms with Gasteiger partial charge >= 0.3 is 6.18 Å². The highest BCUT2D eigenvalue weighted by Gasteiger charge is 2.37. The van der Waals surface area contributed by atoms with Crippen molar-refractivity contribution in [3.05, 3.63) is 17.8 Å². The first-order chi connectivity index (χ1) is 7.30. The molecule has 0 spiro atoms. The molecule has 0 aromatic carbocycles. The third-order valence-electron chi connectivity index (χ3n) is 1.94. The molecule has 0 amide bonds. The molecule has 0 aliphatic heterocycles. The van der Waals surface area contributed by atoms with Crippen molar-refractivity contribution in [2.75, 3.05) is 17.6 Å². The third-order valence-corrected chi connectivity index (χ3v) is 1.94. The van der Waals surface area contributed by atoms with Crippen LogP contribution in [0.3, 0.4) is 0 Å². The molecule has 1 rings (SSSR count). The number of pyridine rings is 1. The molecule has 1 atom stereocenters. The molecule has 0 fully saturated rings. The van der Waals surface area contributed by atoms with Gasteiger partial charge in [-0.3, -0.25) is 0 Å². The van der Waals surface area contributed by atoms with Gasteiger partial charge in [0.15, 0.2) is 6.10 Å². The van der Waals surface area contributed by atoms with Crippen LogP contribution in [0.15, 0.2) is 12.3 Å². The first-order valence-corrected chi connectivity index (χ1v) is 4.51.